The molecule has 5 nitrogen and oxygen atoms in total. The lowest BCUT2D eigenvalue weighted by atomic mass is 10.0. The maximum absolute atomic E-state index is 11.0. The second kappa shape index (κ2) is 7.75. The third-order valence-electron chi connectivity index (χ3n) is 3.22. The summed E-state index contributed by atoms with van der Waals surface area (Å²) < 4.78 is 10.9. The van der Waals surface area contributed by atoms with Gasteiger partial charge < -0.3 is 20.9 Å². The topological polar surface area (TPSA) is 87.6 Å². The van der Waals surface area contributed by atoms with Crippen molar-refractivity contribution < 1.29 is 14.3 Å². The van der Waals surface area contributed by atoms with E-state index < -0.39 is 0 Å². The molecule has 1 aromatic carbocycles. The largest absolute Gasteiger partial charge is 0.493 e. The molecule has 112 valence electrons. The Bertz CT molecular complexity index is 449. The van der Waals surface area contributed by atoms with E-state index in [4.69, 9.17) is 20.9 Å². The minimum absolute atomic E-state index is 0.126. The molecule has 0 saturated heterocycles. The molecule has 4 N–H and O–H groups in total. The summed E-state index contributed by atoms with van der Waals surface area (Å²) >= 11 is 0. The van der Waals surface area contributed by atoms with E-state index in [1.165, 1.54) is 0 Å². The van der Waals surface area contributed by atoms with Gasteiger partial charge in [0.1, 0.15) is 0 Å². The van der Waals surface area contributed by atoms with Crippen molar-refractivity contribution in [2.24, 2.45) is 17.4 Å². The van der Waals surface area contributed by atoms with Crippen LogP contribution in [-0.4, -0.2) is 25.7 Å². The highest BCUT2D eigenvalue weighted by molar-refractivity contribution is 5.76. The average Bonchev–Trinajstić information content (AvgIpc) is 2.44. The Hall–Kier alpha value is -1.75. The molecule has 20 heavy (non-hydrogen) atoms. The van der Waals surface area contributed by atoms with Crippen molar-refractivity contribution in [3.05, 3.63) is 23.8 Å². The molecule has 0 aliphatic heterocycles. The summed E-state index contributed by atoms with van der Waals surface area (Å²) in [5.41, 5.74) is 12.3. The van der Waals surface area contributed by atoms with E-state index in [-0.39, 0.29) is 24.5 Å². The molecule has 0 fully saturated rings. The van der Waals surface area contributed by atoms with Gasteiger partial charge in [-0.1, -0.05) is 19.9 Å². The molecule has 0 saturated carbocycles. The highest BCUT2D eigenvalue weighted by Crippen LogP contribution is 2.29. The van der Waals surface area contributed by atoms with Crippen molar-refractivity contribution >= 4 is 5.91 Å². The van der Waals surface area contributed by atoms with Crippen LogP contribution in [0.3, 0.4) is 0 Å². The van der Waals surface area contributed by atoms with Crippen LogP contribution >= 0.6 is 0 Å². The van der Waals surface area contributed by atoms with Crippen LogP contribution in [0, 0.1) is 5.92 Å². The van der Waals surface area contributed by atoms with Crippen LogP contribution in [-0.2, 0) is 11.2 Å². The van der Waals surface area contributed by atoms with Gasteiger partial charge in [-0.3, -0.25) is 4.79 Å². The van der Waals surface area contributed by atoms with E-state index >= 15 is 0 Å². The molecule has 2 unspecified atom stereocenters. The normalized spacial score (nSPS) is 13.6. The van der Waals surface area contributed by atoms with E-state index in [9.17, 15) is 4.79 Å². The molecule has 1 rings (SSSR count). The van der Waals surface area contributed by atoms with Gasteiger partial charge in [-0.2, -0.15) is 0 Å². The number of hydrogen-bond acceptors (Lipinski definition) is 4. The summed E-state index contributed by atoms with van der Waals surface area (Å²) in [5, 5.41) is 0. The lowest BCUT2D eigenvalue weighted by Gasteiger charge is -2.15. The Balaban J connectivity index is 2.80. The zero-order chi connectivity index (χ0) is 15.1. The fraction of sp³-hybridized carbons (Fsp3) is 0.533. The van der Waals surface area contributed by atoms with Crippen LogP contribution in [0.25, 0.3) is 0 Å². The van der Waals surface area contributed by atoms with Crippen molar-refractivity contribution in [3.8, 4) is 11.5 Å². The molecule has 2 atom stereocenters. The summed E-state index contributed by atoms with van der Waals surface area (Å²) in [6, 6.07) is 5.85. The number of amides is 1. The summed E-state index contributed by atoms with van der Waals surface area (Å²) in [7, 11) is 1.58. The minimum atomic E-state index is -0.381. The van der Waals surface area contributed by atoms with Crippen molar-refractivity contribution in [1.29, 1.82) is 0 Å². The second-order valence-electron chi connectivity index (χ2n) is 4.97. The molecule has 0 aromatic heterocycles. The Morgan fingerprint density at radius 1 is 1.35 bits per heavy atom. The average molecular weight is 280 g/mol. The lowest BCUT2D eigenvalue weighted by Crippen LogP contribution is -2.26. The minimum Gasteiger partial charge on any atom is -0.493 e. The number of methoxy groups -OCH3 is 1. The van der Waals surface area contributed by atoms with E-state index in [2.05, 4.69) is 6.92 Å². The second-order valence-corrected chi connectivity index (χ2v) is 4.97. The number of rotatable bonds is 8. The molecule has 0 aliphatic rings. The predicted molar refractivity (Wildman–Crippen MR) is 78.8 cm³/mol. The van der Waals surface area contributed by atoms with Crippen LogP contribution in [0.2, 0.25) is 0 Å². The van der Waals surface area contributed by atoms with E-state index in [0.717, 1.165) is 18.4 Å². The van der Waals surface area contributed by atoms with Gasteiger partial charge in [-0.25, -0.2) is 0 Å². The fourth-order valence-corrected chi connectivity index (χ4v) is 1.70. The van der Waals surface area contributed by atoms with Gasteiger partial charge in [0.05, 0.1) is 19.6 Å². The van der Waals surface area contributed by atoms with Crippen molar-refractivity contribution in [2.75, 3.05) is 13.7 Å². The smallest absolute Gasteiger partial charge is 0.223 e. The van der Waals surface area contributed by atoms with Crippen LogP contribution in [0.1, 0.15) is 25.8 Å². The maximum Gasteiger partial charge on any atom is 0.223 e. The molecule has 1 amide bonds. The molecule has 0 aliphatic carbocycles. The number of benzene rings is 1. The molecular weight excluding hydrogens is 256 g/mol. The van der Waals surface area contributed by atoms with Gasteiger partial charge in [0, 0.05) is 6.04 Å². The first-order chi connectivity index (χ1) is 9.47. The van der Waals surface area contributed by atoms with Crippen LogP contribution < -0.4 is 20.9 Å². The molecule has 0 spiro atoms. The van der Waals surface area contributed by atoms with E-state index in [1.54, 1.807) is 14.0 Å². The highest BCUT2D eigenvalue weighted by Gasteiger charge is 2.13. The first kappa shape index (κ1) is 16.3. The lowest BCUT2D eigenvalue weighted by molar-refractivity contribution is -0.122. The van der Waals surface area contributed by atoms with Gasteiger partial charge in [-0.05, 0) is 30.5 Å². The quantitative estimate of drug-likeness (QED) is 0.755. The van der Waals surface area contributed by atoms with Gasteiger partial charge >= 0.3 is 0 Å². The first-order valence-electron chi connectivity index (χ1n) is 6.82. The first-order valence-corrected chi connectivity index (χ1v) is 6.82. The number of primary amides is 1. The van der Waals surface area contributed by atoms with Gasteiger partial charge in [0.2, 0.25) is 5.91 Å². The molecule has 5 heteroatoms. The highest BCUT2D eigenvalue weighted by atomic mass is 16.5. The van der Waals surface area contributed by atoms with Crippen LogP contribution in [0.5, 0.6) is 11.5 Å². The van der Waals surface area contributed by atoms with Gasteiger partial charge in [0.15, 0.2) is 11.5 Å². The zero-order valence-corrected chi connectivity index (χ0v) is 12.4. The Kier molecular flexibility index (Phi) is 6.31. The molecule has 1 aromatic rings. The Labute approximate surface area is 120 Å². The molecular formula is C15H24N2O3. The monoisotopic (exact) mass is 280 g/mol. The van der Waals surface area contributed by atoms with Gasteiger partial charge in [-0.15, -0.1) is 0 Å². The summed E-state index contributed by atoms with van der Waals surface area (Å²) in [4.78, 5) is 11.0. The zero-order valence-electron chi connectivity index (χ0n) is 12.4. The number of ether oxygens (including phenoxy) is 2. The SMILES string of the molecule is CCC(N)Cc1ccc(OC)c(OCC(C)C(N)=O)c1. The van der Waals surface area contributed by atoms with Crippen molar-refractivity contribution in [3.63, 3.8) is 0 Å². The maximum atomic E-state index is 11.0. The fourth-order valence-electron chi connectivity index (χ4n) is 1.70. The van der Waals surface area contributed by atoms with Crippen LogP contribution in [0.15, 0.2) is 18.2 Å². The summed E-state index contributed by atoms with van der Waals surface area (Å²) in [6.07, 6.45) is 1.70. The molecule has 0 radical (unpaired) electrons. The number of hydrogen-bond donors (Lipinski definition) is 2. The standard InChI is InChI=1S/C15H24N2O3/c1-4-12(16)7-11-5-6-13(19-3)14(8-11)20-9-10(2)15(17)18/h5-6,8,10,12H,4,7,9,16H2,1-3H3,(H2,17,18). The molecule has 0 bridgehead atoms. The third-order valence-corrected chi connectivity index (χ3v) is 3.22. The van der Waals surface area contributed by atoms with E-state index in [0.29, 0.717) is 11.5 Å². The Morgan fingerprint density at radius 2 is 2.05 bits per heavy atom. The predicted octanol–water partition coefficient (Wildman–Crippen LogP) is 1.48. The van der Waals surface area contributed by atoms with E-state index in [1.807, 2.05) is 18.2 Å². The van der Waals surface area contributed by atoms with Gasteiger partial charge in [0.25, 0.3) is 0 Å². The Morgan fingerprint density at radius 3 is 2.60 bits per heavy atom. The summed E-state index contributed by atoms with van der Waals surface area (Å²) in [6.45, 7) is 4.01. The van der Waals surface area contributed by atoms with Crippen molar-refractivity contribution in [1.82, 2.24) is 0 Å². The van der Waals surface area contributed by atoms with Crippen molar-refractivity contribution in [2.45, 2.75) is 32.7 Å². The third kappa shape index (κ3) is 4.74. The number of carbonyl (C=O) groups is 1. The van der Waals surface area contributed by atoms with Crippen LogP contribution in [0.4, 0.5) is 0 Å². The molecule has 0 heterocycles. The summed E-state index contributed by atoms with van der Waals surface area (Å²) in [5.74, 6) is 0.520. The number of nitrogens with two attached hydrogens (primary N) is 2. The number of carbonyl (C=O) groups excluding carboxylic acids is 1.